The van der Waals surface area contributed by atoms with Crippen LogP contribution in [0.3, 0.4) is 0 Å². The fraction of sp³-hybridized carbons (Fsp3) is 0.0741. The Balaban J connectivity index is 1.68. The Morgan fingerprint density at radius 2 is 1.63 bits per heavy atom. The van der Waals surface area contributed by atoms with Crippen molar-refractivity contribution in [2.45, 2.75) is 4.87 Å². The van der Waals surface area contributed by atoms with Gasteiger partial charge >= 0.3 is 0 Å². The lowest BCUT2D eigenvalue weighted by molar-refractivity contribution is 0.746. The number of hydrogen-bond donors (Lipinski definition) is 0. The summed E-state index contributed by atoms with van der Waals surface area (Å²) < 4.78 is 3.76. The Bertz CT molecular complexity index is 1700. The number of alkyl halides is 1. The number of halogens is 3. The lowest BCUT2D eigenvalue weighted by atomic mass is 9.86. The van der Waals surface area contributed by atoms with E-state index in [4.69, 9.17) is 34.8 Å². The summed E-state index contributed by atoms with van der Waals surface area (Å²) in [5.74, 6) is 0. The number of hydrogen-bond acceptors (Lipinski definition) is 3. The van der Waals surface area contributed by atoms with Crippen molar-refractivity contribution in [3.63, 3.8) is 0 Å². The van der Waals surface area contributed by atoms with Gasteiger partial charge in [0.05, 0.1) is 35.4 Å². The van der Waals surface area contributed by atoms with Gasteiger partial charge in [-0.05, 0) is 64.7 Å². The average molecular weight is 519 g/mol. The monoisotopic (exact) mass is 517 g/mol. The van der Waals surface area contributed by atoms with Crippen LogP contribution in [0.2, 0.25) is 10.0 Å². The molecule has 0 aliphatic carbocycles. The van der Waals surface area contributed by atoms with Crippen molar-refractivity contribution < 1.29 is 0 Å². The molecule has 5 nitrogen and oxygen atoms in total. The van der Waals surface area contributed by atoms with Gasteiger partial charge in [-0.15, -0.1) is 16.7 Å². The Labute approximate surface area is 216 Å². The third-order valence-electron chi connectivity index (χ3n) is 6.33. The van der Waals surface area contributed by atoms with Crippen LogP contribution in [0, 0.1) is 0 Å². The molecule has 8 heteroatoms. The molecular weight excluding hydrogens is 501 g/mol. The van der Waals surface area contributed by atoms with Gasteiger partial charge in [0.25, 0.3) is 0 Å². The molecule has 0 N–H and O–H groups in total. The van der Waals surface area contributed by atoms with Crippen LogP contribution in [0.1, 0.15) is 16.8 Å². The van der Waals surface area contributed by atoms with Crippen molar-refractivity contribution in [2.75, 3.05) is 0 Å². The van der Waals surface area contributed by atoms with Gasteiger partial charge in [-0.1, -0.05) is 58.7 Å². The number of nitrogens with zero attached hydrogens (tertiary/aromatic N) is 5. The minimum atomic E-state index is -1.01. The molecule has 0 radical (unpaired) electrons. The zero-order chi connectivity index (χ0) is 24.2. The molecule has 0 aliphatic heterocycles. The highest BCUT2D eigenvalue weighted by molar-refractivity contribution is 6.31. The average Bonchev–Trinajstić information content (AvgIpc) is 3.52. The molecule has 0 spiro atoms. The van der Waals surface area contributed by atoms with Crippen LogP contribution in [-0.2, 0) is 11.9 Å². The lowest BCUT2D eigenvalue weighted by Crippen LogP contribution is -2.25. The normalized spacial score (nSPS) is 13.4. The van der Waals surface area contributed by atoms with Crippen LogP contribution in [-0.4, -0.2) is 24.4 Å². The predicted molar refractivity (Wildman–Crippen MR) is 141 cm³/mol. The summed E-state index contributed by atoms with van der Waals surface area (Å²) in [6.45, 7) is 0. The molecule has 0 aliphatic rings. The van der Waals surface area contributed by atoms with Gasteiger partial charge in [0, 0.05) is 22.5 Å². The Hall–Kier alpha value is -3.38. The standard InChI is InChI=1S/C27H18Cl3N5/c1-34-16-31-15-26(34)27(30,18-5-8-20(28)9-6-18)19-7-10-25-24(12-19)23(13-22-14-32-33-35(22)25)17-3-2-4-21(29)11-17/h2-16H,1H3. The van der Waals surface area contributed by atoms with E-state index >= 15 is 0 Å². The Morgan fingerprint density at radius 3 is 2.37 bits per heavy atom. The Morgan fingerprint density at radius 1 is 0.829 bits per heavy atom. The minimum absolute atomic E-state index is 0.646. The van der Waals surface area contributed by atoms with E-state index in [1.54, 1.807) is 18.7 Å². The molecule has 3 aromatic heterocycles. The summed E-state index contributed by atoms with van der Waals surface area (Å²) in [5.41, 5.74) is 6.43. The largest absolute Gasteiger partial charge is 0.336 e. The quantitative estimate of drug-likeness (QED) is 0.233. The molecule has 3 heterocycles. The second-order valence-electron chi connectivity index (χ2n) is 8.43. The first-order valence-corrected chi connectivity index (χ1v) is 12.0. The molecule has 1 atom stereocenters. The maximum atomic E-state index is 7.58. The van der Waals surface area contributed by atoms with E-state index in [9.17, 15) is 0 Å². The van der Waals surface area contributed by atoms with E-state index < -0.39 is 4.87 Å². The van der Waals surface area contributed by atoms with Crippen molar-refractivity contribution in [2.24, 2.45) is 7.05 Å². The third kappa shape index (κ3) is 3.59. The molecule has 6 aromatic rings. The zero-order valence-electron chi connectivity index (χ0n) is 18.5. The number of rotatable bonds is 4. The number of benzene rings is 3. The highest BCUT2D eigenvalue weighted by Gasteiger charge is 2.37. The smallest absolute Gasteiger partial charge is 0.136 e. The third-order valence-corrected chi connectivity index (χ3v) is 7.44. The first-order chi connectivity index (χ1) is 16.9. The van der Waals surface area contributed by atoms with Gasteiger partial charge in [-0.25, -0.2) is 9.50 Å². The van der Waals surface area contributed by atoms with Gasteiger partial charge in [0.2, 0.25) is 0 Å². The fourth-order valence-corrected chi connectivity index (χ4v) is 5.37. The van der Waals surface area contributed by atoms with Gasteiger partial charge in [-0.2, -0.15) is 0 Å². The molecule has 0 saturated carbocycles. The first-order valence-electron chi connectivity index (χ1n) is 10.9. The van der Waals surface area contributed by atoms with E-state index in [1.165, 1.54) is 0 Å². The van der Waals surface area contributed by atoms with Gasteiger partial charge in [0.15, 0.2) is 0 Å². The predicted octanol–water partition coefficient (Wildman–Crippen LogP) is 7.12. The fourth-order valence-electron chi connectivity index (χ4n) is 4.63. The van der Waals surface area contributed by atoms with E-state index in [-0.39, 0.29) is 0 Å². The summed E-state index contributed by atoms with van der Waals surface area (Å²) in [6.07, 6.45) is 5.29. The summed E-state index contributed by atoms with van der Waals surface area (Å²) in [6, 6.07) is 23.6. The Kier molecular flexibility index (Phi) is 5.29. The summed E-state index contributed by atoms with van der Waals surface area (Å²) >= 11 is 20.1. The summed E-state index contributed by atoms with van der Waals surface area (Å²) in [7, 11) is 1.94. The van der Waals surface area contributed by atoms with Crippen LogP contribution in [0.25, 0.3) is 27.5 Å². The molecular formula is C27H18Cl3N5. The number of imidazole rings is 1. The SMILES string of the molecule is Cn1cncc1C(Cl)(c1ccc(Cl)cc1)c1ccc2c(c1)c(-c1cccc(Cl)c1)cc1cnnn12. The maximum absolute atomic E-state index is 7.58. The van der Waals surface area contributed by atoms with E-state index in [0.29, 0.717) is 10.0 Å². The van der Waals surface area contributed by atoms with Crippen LogP contribution < -0.4 is 0 Å². The molecule has 0 bridgehead atoms. The van der Waals surface area contributed by atoms with E-state index in [1.807, 2.05) is 76.8 Å². The van der Waals surface area contributed by atoms with Crippen LogP contribution in [0.5, 0.6) is 0 Å². The second kappa shape index (κ2) is 8.38. The number of aromatic nitrogens is 5. The summed E-state index contributed by atoms with van der Waals surface area (Å²) in [4.78, 5) is 3.34. The molecule has 0 saturated heterocycles. The number of aryl methyl sites for hydroxylation is 1. The molecule has 172 valence electrons. The molecule has 0 amide bonds. The maximum Gasteiger partial charge on any atom is 0.136 e. The van der Waals surface area contributed by atoms with Crippen molar-refractivity contribution in [1.29, 1.82) is 0 Å². The molecule has 0 fully saturated rings. The first kappa shape index (κ1) is 22.1. The summed E-state index contributed by atoms with van der Waals surface area (Å²) in [5, 5.41) is 10.7. The van der Waals surface area contributed by atoms with Crippen molar-refractivity contribution in [3.05, 3.63) is 118 Å². The van der Waals surface area contributed by atoms with Gasteiger partial charge < -0.3 is 4.57 Å². The van der Waals surface area contributed by atoms with Crippen molar-refractivity contribution in [3.8, 4) is 11.1 Å². The lowest BCUT2D eigenvalue weighted by Gasteiger charge is -2.29. The van der Waals surface area contributed by atoms with E-state index in [2.05, 4.69) is 27.4 Å². The molecule has 35 heavy (non-hydrogen) atoms. The molecule has 3 aromatic carbocycles. The van der Waals surface area contributed by atoms with Crippen LogP contribution in [0.15, 0.2) is 91.5 Å². The van der Waals surface area contributed by atoms with Crippen molar-refractivity contribution in [1.82, 2.24) is 24.4 Å². The van der Waals surface area contributed by atoms with Crippen LogP contribution >= 0.6 is 34.8 Å². The topological polar surface area (TPSA) is 48.0 Å². The van der Waals surface area contributed by atoms with E-state index in [0.717, 1.165) is 44.4 Å². The molecule has 6 rings (SSSR count). The number of fused-ring (bicyclic) bond motifs is 3. The number of pyridine rings is 1. The van der Waals surface area contributed by atoms with Gasteiger partial charge in [-0.3, -0.25) is 0 Å². The molecule has 1 unspecified atom stereocenters. The van der Waals surface area contributed by atoms with Gasteiger partial charge in [0.1, 0.15) is 4.87 Å². The zero-order valence-corrected chi connectivity index (χ0v) is 20.8. The van der Waals surface area contributed by atoms with Crippen LogP contribution in [0.4, 0.5) is 0 Å². The highest BCUT2D eigenvalue weighted by atomic mass is 35.5. The minimum Gasteiger partial charge on any atom is -0.336 e. The highest BCUT2D eigenvalue weighted by Crippen LogP contribution is 2.45. The van der Waals surface area contributed by atoms with Crippen molar-refractivity contribution >= 4 is 51.2 Å². The second-order valence-corrected chi connectivity index (χ2v) is 9.87.